The van der Waals surface area contributed by atoms with E-state index in [9.17, 15) is 14.3 Å². The van der Waals surface area contributed by atoms with E-state index in [1.165, 1.54) is 6.07 Å². The fraction of sp³-hybridized carbons (Fsp3) is 0.462. The number of benzene rings is 1. The molecule has 0 aliphatic heterocycles. The second-order valence-corrected chi connectivity index (χ2v) is 5.48. The van der Waals surface area contributed by atoms with Crippen molar-refractivity contribution in [3.8, 4) is 5.75 Å². The number of rotatable bonds is 2. The summed E-state index contributed by atoms with van der Waals surface area (Å²) in [6.07, 6.45) is 4.63. The van der Waals surface area contributed by atoms with Crippen molar-refractivity contribution in [3.05, 3.63) is 27.5 Å². The topological polar surface area (TPSA) is 49.7 Å². The molecule has 0 bridgehead atoms. The van der Waals surface area contributed by atoms with Gasteiger partial charge in [-0.1, -0.05) is 12.8 Å². The average molecular weight is 314 g/mol. The first-order valence-corrected chi connectivity index (χ1v) is 6.58. The number of phenolic OH excluding ortho intramolecular Hbond substituents is 1. The fourth-order valence-corrected chi connectivity index (χ4v) is 3.14. The number of hydrogen-bond donors (Lipinski definition) is 1. The van der Waals surface area contributed by atoms with Crippen molar-refractivity contribution in [1.29, 1.82) is 0 Å². The number of aromatic hydroxyl groups is 1. The number of halogens is 2. The van der Waals surface area contributed by atoms with Crippen LogP contribution in [0.25, 0.3) is 0 Å². The van der Waals surface area contributed by atoms with Gasteiger partial charge in [0.05, 0.1) is 4.47 Å². The van der Waals surface area contributed by atoms with E-state index in [2.05, 4.69) is 20.9 Å². The fourth-order valence-electron chi connectivity index (χ4n) is 2.74. The SMILES string of the molecule is Cc1c(F)cc(Br)c(O)c1C1(N=C=O)CCCC1. The zero-order valence-electron chi connectivity index (χ0n) is 9.96. The minimum absolute atomic E-state index is 0.0326. The van der Waals surface area contributed by atoms with Gasteiger partial charge in [0.15, 0.2) is 0 Å². The summed E-state index contributed by atoms with van der Waals surface area (Å²) in [4.78, 5) is 14.5. The highest BCUT2D eigenvalue weighted by Crippen LogP contribution is 2.49. The average Bonchev–Trinajstić information content (AvgIpc) is 2.77. The van der Waals surface area contributed by atoms with Crippen LogP contribution in [0.15, 0.2) is 15.5 Å². The predicted molar refractivity (Wildman–Crippen MR) is 68.8 cm³/mol. The van der Waals surface area contributed by atoms with Crippen LogP contribution in [0.4, 0.5) is 4.39 Å². The monoisotopic (exact) mass is 313 g/mol. The molecule has 1 saturated carbocycles. The van der Waals surface area contributed by atoms with E-state index in [4.69, 9.17) is 0 Å². The molecule has 5 heteroatoms. The number of hydrogen-bond acceptors (Lipinski definition) is 3. The zero-order valence-corrected chi connectivity index (χ0v) is 11.6. The summed E-state index contributed by atoms with van der Waals surface area (Å²) < 4.78 is 14.1. The molecule has 0 radical (unpaired) electrons. The Morgan fingerprint density at radius 2 is 2.11 bits per heavy atom. The highest BCUT2D eigenvalue weighted by atomic mass is 79.9. The Kier molecular flexibility index (Phi) is 3.55. The van der Waals surface area contributed by atoms with E-state index in [0.717, 1.165) is 12.8 Å². The third-order valence-corrected chi connectivity index (χ3v) is 4.21. The summed E-state index contributed by atoms with van der Waals surface area (Å²) in [5.74, 6) is -0.447. The summed E-state index contributed by atoms with van der Waals surface area (Å²) in [5.41, 5.74) is -0.0626. The molecular weight excluding hydrogens is 301 g/mol. The zero-order chi connectivity index (χ0) is 13.3. The molecule has 1 aromatic carbocycles. The summed E-state index contributed by atoms with van der Waals surface area (Å²) >= 11 is 3.12. The van der Waals surface area contributed by atoms with E-state index in [1.807, 2.05) is 0 Å². The van der Waals surface area contributed by atoms with Crippen LogP contribution in [0.2, 0.25) is 0 Å². The van der Waals surface area contributed by atoms with Crippen LogP contribution in [-0.2, 0) is 10.3 Å². The Morgan fingerprint density at radius 1 is 1.50 bits per heavy atom. The molecule has 0 saturated heterocycles. The van der Waals surface area contributed by atoms with Crippen molar-refractivity contribution in [2.24, 2.45) is 4.99 Å². The van der Waals surface area contributed by atoms with E-state index in [0.29, 0.717) is 24.0 Å². The molecule has 18 heavy (non-hydrogen) atoms. The van der Waals surface area contributed by atoms with Crippen LogP contribution in [0.3, 0.4) is 0 Å². The van der Waals surface area contributed by atoms with Gasteiger partial charge in [0.25, 0.3) is 0 Å². The first-order chi connectivity index (χ1) is 8.52. The van der Waals surface area contributed by atoms with Crippen molar-refractivity contribution in [2.75, 3.05) is 0 Å². The van der Waals surface area contributed by atoms with Crippen LogP contribution in [-0.4, -0.2) is 11.2 Å². The highest BCUT2D eigenvalue weighted by molar-refractivity contribution is 9.10. The molecule has 96 valence electrons. The van der Waals surface area contributed by atoms with Gasteiger partial charge in [0, 0.05) is 5.56 Å². The molecular formula is C13H13BrFNO2. The molecule has 2 rings (SSSR count). The molecule has 1 N–H and O–H groups in total. The van der Waals surface area contributed by atoms with Gasteiger partial charge in [0.2, 0.25) is 6.08 Å². The lowest BCUT2D eigenvalue weighted by Crippen LogP contribution is -2.21. The molecule has 1 aliphatic carbocycles. The largest absolute Gasteiger partial charge is 0.506 e. The van der Waals surface area contributed by atoms with Gasteiger partial charge in [-0.15, -0.1) is 0 Å². The Morgan fingerprint density at radius 3 is 2.67 bits per heavy atom. The van der Waals surface area contributed by atoms with Crippen LogP contribution in [0, 0.1) is 12.7 Å². The molecule has 0 spiro atoms. The lowest BCUT2D eigenvalue weighted by Gasteiger charge is -2.26. The smallest absolute Gasteiger partial charge is 0.235 e. The normalized spacial score (nSPS) is 17.5. The minimum Gasteiger partial charge on any atom is -0.506 e. The van der Waals surface area contributed by atoms with Crippen LogP contribution < -0.4 is 0 Å². The van der Waals surface area contributed by atoms with Gasteiger partial charge >= 0.3 is 0 Å². The second kappa shape index (κ2) is 4.82. The van der Waals surface area contributed by atoms with Crippen molar-refractivity contribution in [2.45, 2.75) is 38.1 Å². The Balaban J connectivity index is 2.72. The third kappa shape index (κ3) is 1.98. The van der Waals surface area contributed by atoms with Gasteiger partial charge < -0.3 is 5.11 Å². The minimum atomic E-state index is -0.819. The van der Waals surface area contributed by atoms with Gasteiger partial charge in [-0.3, -0.25) is 0 Å². The quantitative estimate of drug-likeness (QED) is 0.668. The number of aliphatic imine (C=N–C) groups is 1. The Bertz CT molecular complexity index is 506. The maximum absolute atomic E-state index is 13.8. The molecule has 0 aromatic heterocycles. The lowest BCUT2D eigenvalue weighted by molar-refractivity contribution is 0.400. The summed E-state index contributed by atoms with van der Waals surface area (Å²) in [7, 11) is 0. The summed E-state index contributed by atoms with van der Waals surface area (Å²) in [6, 6.07) is 1.22. The molecule has 0 atom stereocenters. The van der Waals surface area contributed by atoms with Gasteiger partial charge in [-0.2, -0.15) is 4.99 Å². The number of nitrogens with zero attached hydrogens (tertiary/aromatic N) is 1. The van der Waals surface area contributed by atoms with E-state index in [1.54, 1.807) is 13.0 Å². The molecule has 0 unspecified atom stereocenters. The molecule has 3 nitrogen and oxygen atoms in total. The third-order valence-electron chi connectivity index (χ3n) is 3.61. The highest BCUT2D eigenvalue weighted by Gasteiger charge is 2.40. The molecule has 0 heterocycles. The molecule has 0 amide bonds. The first-order valence-electron chi connectivity index (χ1n) is 5.79. The van der Waals surface area contributed by atoms with Crippen LogP contribution >= 0.6 is 15.9 Å². The maximum Gasteiger partial charge on any atom is 0.235 e. The van der Waals surface area contributed by atoms with Crippen LogP contribution in [0.5, 0.6) is 5.75 Å². The number of isocyanates is 1. The summed E-state index contributed by atoms with van der Waals surface area (Å²) in [5, 5.41) is 10.2. The van der Waals surface area contributed by atoms with Crippen molar-refractivity contribution < 1.29 is 14.3 Å². The van der Waals surface area contributed by atoms with Crippen molar-refractivity contribution in [1.82, 2.24) is 0 Å². The predicted octanol–water partition coefficient (Wildman–Crippen LogP) is 3.71. The number of carbonyl (C=O) groups excluding carboxylic acids is 1. The van der Waals surface area contributed by atoms with E-state index in [-0.39, 0.29) is 10.2 Å². The molecule has 1 aromatic rings. The molecule has 1 aliphatic rings. The second-order valence-electron chi connectivity index (χ2n) is 4.63. The first kappa shape index (κ1) is 13.2. The maximum atomic E-state index is 13.8. The number of phenols is 1. The summed E-state index contributed by atoms with van der Waals surface area (Å²) in [6.45, 7) is 1.59. The standard InChI is InChI=1S/C13H13BrFNO2/c1-8-10(15)6-9(14)12(18)11(8)13(16-7-17)4-2-3-5-13/h6,18H,2-5H2,1H3. The van der Waals surface area contributed by atoms with Gasteiger partial charge in [-0.25, -0.2) is 9.18 Å². The van der Waals surface area contributed by atoms with Crippen molar-refractivity contribution in [3.63, 3.8) is 0 Å². The molecule has 1 fully saturated rings. The Hall–Kier alpha value is -1.19. The van der Waals surface area contributed by atoms with Gasteiger partial charge in [0.1, 0.15) is 17.1 Å². The Labute approximate surface area is 113 Å². The van der Waals surface area contributed by atoms with E-state index >= 15 is 0 Å². The van der Waals surface area contributed by atoms with E-state index < -0.39 is 11.4 Å². The van der Waals surface area contributed by atoms with Gasteiger partial charge in [-0.05, 0) is 47.3 Å². The van der Waals surface area contributed by atoms with Crippen molar-refractivity contribution >= 4 is 22.0 Å². The lowest BCUT2D eigenvalue weighted by atomic mass is 9.85. The van der Waals surface area contributed by atoms with Crippen LogP contribution in [0.1, 0.15) is 36.8 Å².